The Labute approximate surface area is 438 Å². The molecule has 0 aromatic carbocycles. The average molecular weight is 988 g/mol. The van der Waals surface area contributed by atoms with E-state index in [1.165, 1.54) is 141 Å². The number of carbonyl (C=O) groups is 3. The average Bonchev–Trinajstić information content (AvgIpc) is 3.37. The Morgan fingerprint density at radius 3 is 0.930 bits per heavy atom. The Kier molecular flexibility index (Phi) is 55.9. The topological polar surface area (TPSA) is 78.9 Å². The first kappa shape index (κ1) is 67.3. The fourth-order valence-corrected chi connectivity index (χ4v) is 8.13. The van der Waals surface area contributed by atoms with Crippen molar-refractivity contribution in [1.82, 2.24) is 0 Å². The van der Waals surface area contributed by atoms with Crippen molar-refractivity contribution in [2.24, 2.45) is 0 Å². The third kappa shape index (κ3) is 57.1. The highest BCUT2D eigenvalue weighted by Gasteiger charge is 2.19. The zero-order valence-corrected chi connectivity index (χ0v) is 46.5. The van der Waals surface area contributed by atoms with Crippen LogP contribution in [0.15, 0.2) is 97.2 Å². The minimum atomic E-state index is -0.823. The van der Waals surface area contributed by atoms with Crippen LogP contribution in [0.4, 0.5) is 0 Å². The van der Waals surface area contributed by atoms with Crippen molar-refractivity contribution in [3.05, 3.63) is 97.2 Å². The molecule has 0 aliphatic rings. The van der Waals surface area contributed by atoms with Gasteiger partial charge in [-0.1, -0.05) is 259 Å². The molecule has 0 rings (SSSR count). The van der Waals surface area contributed by atoms with Crippen LogP contribution in [0, 0.1) is 0 Å². The standard InChI is InChI=1S/C65H110O6/c1-4-7-10-13-16-19-22-25-28-30-31-32-33-35-37-40-43-46-49-52-55-58-64(67)70-61-62(60-69-63(66)57-54-51-48-45-42-39-36-27-24-21-18-15-12-9-6-3)71-65(68)59-56-53-50-47-44-41-38-34-29-26-23-20-17-14-11-8-5-2/h8,11,17-18,20-21,26-27,29,36,38,41-42,45,47,50,62H,4-7,9-10,12-16,19,22-25,28,30-35,37,39-40,43-44,46,48-49,51-61H2,1-3H3/b11-8-,20-17-,21-18-,29-26-,36-27-,41-38-,45-42-,50-47-/t62-/m1/s1. The normalized spacial score (nSPS) is 12.8. The molecule has 0 spiro atoms. The lowest BCUT2D eigenvalue weighted by atomic mass is 10.0. The zero-order chi connectivity index (χ0) is 51.4. The molecule has 0 fully saturated rings. The van der Waals surface area contributed by atoms with Gasteiger partial charge < -0.3 is 14.2 Å². The van der Waals surface area contributed by atoms with Crippen molar-refractivity contribution in [3.8, 4) is 0 Å². The predicted molar refractivity (Wildman–Crippen MR) is 307 cm³/mol. The van der Waals surface area contributed by atoms with Gasteiger partial charge >= 0.3 is 17.9 Å². The van der Waals surface area contributed by atoms with E-state index in [0.29, 0.717) is 19.3 Å². The highest BCUT2D eigenvalue weighted by Crippen LogP contribution is 2.16. The molecule has 0 aromatic rings. The van der Waals surface area contributed by atoms with Crippen LogP contribution in [0.25, 0.3) is 0 Å². The molecule has 6 nitrogen and oxygen atoms in total. The Bertz CT molecular complexity index is 1410. The molecule has 0 saturated heterocycles. The van der Waals surface area contributed by atoms with Gasteiger partial charge in [0.15, 0.2) is 6.10 Å². The van der Waals surface area contributed by atoms with Crippen LogP contribution < -0.4 is 0 Å². The molecule has 0 saturated carbocycles. The van der Waals surface area contributed by atoms with Crippen molar-refractivity contribution in [1.29, 1.82) is 0 Å². The van der Waals surface area contributed by atoms with Crippen LogP contribution >= 0.6 is 0 Å². The van der Waals surface area contributed by atoms with Gasteiger partial charge in [-0.2, -0.15) is 0 Å². The molecule has 0 radical (unpaired) electrons. The number of allylic oxidation sites excluding steroid dienone is 16. The Morgan fingerprint density at radius 2 is 0.563 bits per heavy atom. The lowest BCUT2D eigenvalue weighted by Gasteiger charge is -2.18. The maximum atomic E-state index is 12.8. The second-order valence-corrected chi connectivity index (χ2v) is 19.5. The van der Waals surface area contributed by atoms with Crippen LogP contribution in [-0.4, -0.2) is 37.2 Å². The summed E-state index contributed by atoms with van der Waals surface area (Å²) >= 11 is 0. The molecule has 406 valence electrons. The van der Waals surface area contributed by atoms with Gasteiger partial charge in [0.25, 0.3) is 0 Å². The predicted octanol–water partition coefficient (Wildman–Crippen LogP) is 20.1. The maximum Gasteiger partial charge on any atom is 0.306 e. The summed E-state index contributed by atoms with van der Waals surface area (Å²) in [7, 11) is 0. The molecular formula is C65H110O6. The summed E-state index contributed by atoms with van der Waals surface area (Å²) in [4.78, 5) is 38.2. The second-order valence-electron chi connectivity index (χ2n) is 19.5. The SMILES string of the molecule is CC/C=C\C/C=C\C/C=C\C/C=C\C/C=C\CCCC(=O)O[C@H](COC(=O)CCCC/C=C\C/C=C\C/C=C\CCCCC)COC(=O)CCCCCCCCCCCCCCCCCCCCCCC. The summed E-state index contributed by atoms with van der Waals surface area (Å²) < 4.78 is 16.8. The van der Waals surface area contributed by atoms with Crippen molar-refractivity contribution in [3.63, 3.8) is 0 Å². The Morgan fingerprint density at radius 1 is 0.296 bits per heavy atom. The molecule has 0 aliphatic heterocycles. The molecule has 6 heteroatoms. The third-order valence-electron chi connectivity index (χ3n) is 12.6. The maximum absolute atomic E-state index is 12.8. The van der Waals surface area contributed by atoms with E-state index in [1.807, 2.05) is 0 Å². The molecule has 0 aromatic heterocycles. The van der Waals surface area contributed by atoms with Gasteiger partial charge in [-0.05, 0) is 96.3 Å². The quantitative estimate of drug-likeness (QED) is 0.0261. The van der Waals surface area contributed by atoms with Gasteiger partial charge in [0.05, 0.1) is 0 Å². The van der Waals surface area contributed by atoms with E-state index in [2.05, 4.69) is 118 Å². The van der Waals surface area contributed by atoms with E-state index in [0.717, 1.165) is 89.9 Å². The number of esters is 3. The van der Waals surface area contributed by atoms with Gasteiger partial charge in [0.1, 0.15) is 13.2 Å². The minimum Gasteiger partial charge on any atom is -0.462 e. The Hall–Kier alpha value is -3.67. The van der Waals surface area contributed by atoms with Gasteiger partial charge in [-0.25, -0.2) is 0 Å². The number of hydrogen-bond donors (Lipinski definition) is 0. The Balaban J connectivity index is 4.46. The van der Waals surface area contributed by atoms with Gasteiger partial charge in [-0.3, -0.25) is 14.4 Å². The highest BCUT2D eigenvalue weighted by molar-refractivity contribution is 5.71. The van der Waals surface area contributed by atoms with E-state index in [-0.39, 0.29) is 37.5 Å². The summed E-state index contributed by atoms with van der Waals surface area (Å²) in [6, 6.07) is 0. The zero-order valence-electron chi connectivity index (χ0n) is 46.5. The van der Waals surface area contributed by atoms with Crippen molar-refractivity contribution < 1.29 is 28.6 Å². The van der Waals surface area contributed by atoms with Crippen LogP contribution in [0.1, 0.15) is 278 Å². The first-order chi connectivity index (χ1) is 35.0. The number of carbonyl (C=O) groups excluding carboxylic acids is 3. The minimum absolute atomic E-state index is 0.111. The van der Waals surface area contributed by atoms with E-state index in [1.54, 1.807) is 0 Å². The molecule has 0 bridgehead atoms. The molecule has 1 atom stereocenters. The molecule has 0 N–H and O–H groups in total. The lowest BCUT2D eigenvalue weighted by Crippen LogP contribution is -2.30. The van der Waals surface area contributed by atoms with Gasteiger partial charge in [0.2, 0.25) is 0 Å². The van der Waals surface area contributed by atoms with Crippen molar-refractivity contribution in [2.45, 2.75) is 284 Å². The summed E-state index contributed by atoms with van der Waals surface area (Å²) in [5, 5.41) is 0. The van der Waals surface area contributed by atoms with E-state index < -0.39 is 6.10 Å². The number of ether oxygens (including phenoxy) is 3. The highest BCUT2D eigenvalue weighted by atomic mass is 16.6. The fraction of sp³-hybridized carbons (Fsp3) is 0.708. The first-order valence-electron chi connectivity index (χ1n) is 29.7. The van der Waals surface area contributed by atoms with Crippen molar-refractivity contribution in [2.75, 3.05) is 13.2 Å². The molecule has 0 amide bonds. The van der Waals surface area contributed by atoms with E-state index in [4.69, 9.17) is 14.2 Å². The lowest BCUT2D eigenvalue weighted by molar-refractivity contribution is -0.167. The third-order valence-corrected chi connectivity index (χ3v) is 12.6. The van der Waals surface area contributed by atoms with Crippen LogP contribution in [-0.2, 0) is 28.6 Å². The molecule has 0 aliphatic carbocycles. The summed E-state index contributed by atoms with van der Waals surface area (Å²) in [5.74, 6) is -1.00. The van der Waals surface area contributed by atoms with Crippen LogP contribution in [0.2, 0.25) is 0 Å². The second kappa shape index (κ2) is 58.9. The largest absolute Gasteiger partial charge is 0.462 e. The van der Waals surface area contributed by atoms with Crippen LogP contribution in [0.3, 0.4) is 0 Å². The van der Waals surface area contributed by atoms with Gasteiger partial charge in [-0.15, -0.1) is 0 Å². The fourth-order valence-electron chi connectivity index (χ4n) is 8.13. The van der Waals surface area contributed by atoms with E-state index >= 15 is 0 Å². The molecule has 71 heavy (non-hydrogen) atoms. The van der Waals surface area contributed by atoms with E-state index in [9.17, 15) is 14.4 Å². The summed E-state index contributed by atoms with van der Waals surface area (Å²) in [5.41, 5.74) is 0. The van der Waals surface area contributed by atoms with Crippen LogP contribution in [0.5, 0.6) is 0 Å². The number of rotatable bonds is 53. The summed E-state index contributed by atoms with van der Waals surface area (Å²) in [6.07, 6.45) is 78.4. The number of hydrogen-bond acceptors (Lipinski definition) is 6. The molecule has 0 heterocycles. The molecule has 0 unspecified atom stereocenters. The van der Waals surface area contributed by atoms with Gasteiger partial charge in [0, 0.05) is 19.3 Å². The monoisotopic (exact) mass is 987 g/mol. The summed E-state index contributed by atoms with van der Waals surface area (Å²) in [6.45, 7) is 6.44. The smallest absolute Gasteiger partial charge is 0.306 e. The molecular weight excluding hydrogens is 877 g/mol. The number of unbranched alkanes of at least 4 members (excludes halogenated alkanes) is 26. The van der Waals surface area contributed by atoms with Crippen molar-refractivity contribution >= 4 is 17.9 Å². The first-order valence-corrected chi connectivity index (χ1v) is 29.7.